The fraction of sp³-hybridized carbons (Fsp3) is 0.600. The molecule has 2 fully saturated rings. The van der Waals surface area contributed by atoms with Gasteiger partial charge in [0.05, 0.1) is 0 Å². The number of rotatable bonds is 2. The number of nitrogens with one attached hydrogen (secondary N) is 1. The average Bonchev–Trinajstić information content (AvgIpc) is 2.86. The number of hydrogen-bond donors (Lipinski definition) is 1. The summed E-state index contributed by atoms with van der Waals surface area (Å²) >= 11 is 12.4. The van der Waals surface area contributed by atoms with Gasteiger partial charge < -0.3 is 5.32 Å². The van der Waals surface area contributed by atoms with Crippen molar-refractivity contribution in [3.63, 3.8) is 0 Å². The van der Waals surface area contributed by atoms with E-state index in [0.717, 1.165) is 41.8 Å². The summed E-state index contributed by atoms with van der Waals surface area (Å²) in [6, 6.07) is 5.77. The highest BCUT2D eigenvalue weighted by atomic mass is 35.5. The topological polar surface area (TPSA) is 15.3 Å². The lowest BCUT2D eigenvalue weighted by atomic mass is 9.92. The maximum Gasteiger partial charge on any atom is 0.0452 e. The van der Waals surface area contributed by atoms with Crippen LogP contribution >= 0.6 is 23.2 Å². The van der Waals surface area contributed by atoms with Crippen LogP contribution in [0.3, 0.4) is 0 Å². The van der Waals surface area contributed by atoms with Crippen LogP contribution in [0.4, 0.5) is 0 Å². The van der Waals surface area contributed by atoms with Gasteiger partial charge in [-0.05, 0) is 36.6 Å². The van der Waals surface area contributed by atoms with Crippen molar-refractivity contribution >= 4 is 23.2 Å². The molecule has 0 unspecified atom stereocenters. The molecule has 2 nitrogen and oxygen atoms in total. The van der Waals surface area contributed by atoms with Crippen LogP contribution in [0.2, 0.25) is 10.0 Å². The van der Waals surface area contributed by atoms with E-state index in [1.165, 1.54) is 25.7 Å². The quantitative estimate of drug-likeness (QED) is 0.895. The minimum atomic E-state index is 0.351. The Hall–Kier alpha value is -0.280. The Morgan fingerprint density at radius 2 is 2.00 bits per heavy atom. The third kappa shape index (κ3) is 2.78. The predicted molar refractivity (Wildman–Crippen MR) is 80.9 cm³/mol. The summed E-state index contributed by atoms with van der Waals surface area (Å²) in [5, 5.41) is 5.16. The standard InChI is InChI=1S/C15H20Cl2N2/c16-13-3-4-14(17)12(9-13)10-19-8-7-18-11-15(19)5-1-2-6-15/h3-4,9,18H,1-2,5-8,10-11H2. The van der Waals surface area contributed by atoms with Crippen LogP contribution in [0.5, 0.6) is 0 Å². The van der Waals surface area contributed by atoms with Crippen molar-refractivity contribution in [1.82, 2.24) is 10.2 Å². The minimum Gasteiger partial charge on any atom is -0.314 e. The summed E-state index contributed by atoms with van der Waals surface area (Å²) in [5.41, 5.74) is 1.51. The molecule has 2 aliphatic rings. The number of nitrogens with zero attached hydrogens (tertiary/aromatic N) is 1. The lowest BCUT2D eigenvalue weighted by Crippen LogP contribution is -2.59. The van der Waals surface area contributed by atoms with Gasteiger partial charge >= 0.3 is 0 Å². The molecular formula is C15H20Cl2N2. The molecule has 0 aromatic heterocycles. The summed E-state index contributed by atoms with van der Waals surface area (Å²) in [7, 11) is 0. The fourth-order valence-electron chi connectivity index (χ4n) is 3.53. The van der Waals surface area contributed by atoms with E-state index in [2.05, 4.69) is 10.2 Å². The summed E-state index contributed by atoms with van der Waals surface area (Å²) in [6.45, 7) is 4.20. The second-order valence-corrected chi connectivity index (χ2v) is 6.61. The molecule has 1 aromatic carbocycles. The first-order chi connectivity index (χ1) is 9.20. The predicted octanol–water partition coefficient (Wildman–Crippen LogP) is 3.71. The normalized spacial score (nSPS) is 23.1. The van der Waals surface area contributed by atoms with Crippen molar-refractivity contribution in [2.45, 2.75) is 37.8 Å². The van der Waals surface area contributed by atoms with Gasteiger partial charge in [0.25, 0.3) is 0 Å². The lowest BCUT2D eigenvalue weighted by molar-refractivity contribution is 0.0573. The molecule has 1 saturated carbocycles. The highest BCUT2D eigenvalue weighted by molar-refractivity contribution is 6.33. The molecule has 0 bridgehead atoms. The van der Waals surface area contributed by atoms with Gasteiger partial charge in [-0.1, -0.05) is 36.0 Å². The molecule has 1 saturated heterocycles. The Morgan fingerprint density at radius 1 is 1.21 bits per heavy atom. The molecule has 19 heavy (non-hydrogen) atoms. The third-order valence-corrected chi connectivity index (χ3v) is 5.19. The van der Waals surface area contributed by atoms with Gasteiger partial charge in [-0.2, -0.15) is 0 Å². The van der Waals surface area contributed by atoms with Crippen LogP contribution in [0.25, 0.3) is 0 Å². The zero-order chi connectivity index (χ0) is 13.3. The molecule has 4 heteroatoms. The van der Waals surface area contributed by atoms with Gasteiger partial charge in [-0.15, -0.1) is 0 Å². The zero-order valence-electron chi connectivity index (χ0n) is 11.1. The van der Waals surface area contributed by atoms with Crippen LogP contribution in [0.1, 0.15) is 31.2 Å². The van der Waals surface area contributed by atoms with Crippen molar-refractivity contribution < 1.29 is 0 Å². The SMILES string of the molecule is Clc1ccc(Cl)c(CN2CCNCC23CCCC3)c1. The van der Waals surface area contributed by atoms with Gasteiger partial charge in [-0.3, -0.25) is 4.90 Å². The van der Waals surface area contributed by atoms with E-state index in [1.54, 1.807) is 0 Å². The van der Waals surface area contributed by atoms with Crippen LogP contribution in [0.15, 0.2) is 18.2 Å². The summed E-state index contributed by atoms with van der Waals surface area (Å²) in [6.07, 6.45) is 5.30. The summed E-state index contributed by atoms with van der Waals surface area (Å²) in [4.78, 5) is 2.62. The number of benzene rings is 1. The molecule has 1 N–H and O–H groups in total. The smallest absolute Gasteiger partial charge is 0.0452 e. The average molecular weight is 299 g/mol. The first kappa shape index (κ1) is 13.7. The van der Waals surface area contributed by atoms with E-state index in [1.807, 2.05) is 18.2 Å². The Balaban J connectivity index is 1.82. The van der Waals surface area contributed by atoms with Crippen LogP contribution in [0, 0.1) is 0 Å². The Labute approximate surface area is 125 Å². The van der Waals surface area contributed by atoms with E-state index < -0.39 is 0 Å². The van der Waals surface area contributed by atoms with Gasteiger partial charge in [-0.25, -0.2) is 0 Å². The van der Waals surface area contributed by atoms with Crippen LogP contribution in [-0.2, 0) is 6.54 Å². The Kier molecular flexibility index (Phi) is 4.04. The van der Waals surface area contributed by atoms with E-state index in [4.69, 9.17) is 23.2 Å². The molecule has 1 spiro atoms. The first-order valence-electron chi connectivity index (χ1n) is 7.09. The van der Waals surface area contributed by atoms with Crippen molar-refractivity contribution in [3.8, 4) is 0 Å². The third-order valence-electron chi connectivity index (χ3n) is 4.59. The maximum atomic E-state index is 6.31. The fourth-order valence-corrected chi connectivity index (χ4v) is 3.90. The number of halogens is 2. The van der Waals surface area contributed by atoms with Gasteiger partial charge in [0, 0.05) is 41.8 Å². The van der Waals surface area contributed by atoms with Crippen molar-refractivity contribution in [2.24, 2.45) is 0 Å². The second-order valence-electron chi connectivity index (χ2n) is 5.77. The zero-order valence-corrected chi connectivity index (χ0v) is 12.6. The molecule has 104 valence electrons. The van der Waals surface area contributed by atoms with Crippen LogP contribution in [-0.4, -0.2) is 30.1 Å². The lowest BCUT2D eigenvalue weighted by Gasteiger charge is -2.45. The highest BCUT2D eigenvalue weighted by Crippen LogP contribution is 2.37. The van der Waals surface area contributed by atoms with E-state index in [0.29, 0.717) is 5.54 Å². The molecular weight excluding hydrogens is 279 g/mol. The van der Waals surface area contributed by atoms with Gasteiger partial charge in [0.15, 0.2) is 0 Å². The molecule has 3 rings (SSSR count). The molecule has 1 heterocycles. The molecule has 1 aliphatic carbocycles. The molecule has 0 amide bonds. The minimum absolute atomic E-state index is 0.351. The molecule has 0 atom stereocenters. The van der Waals surface area contributed by atoms with E-state index in [-0.39, 0.29) is 0 Å². The van der Waals surface area contributed by atoms with E-state index in [9.17, 15) is 0 Å². The number of piperazine rings is 1. The van der Waals surface area contributed by atoms with Gasteiger partial charge in [0.2, 0.25) is 0 Å². The Bertz CT molecular complexity index is 455. The van der Waals surface area contributed by atoms with Crippen molar-refractivity contribution in [2.75, 3.05) is 19.6 Å². The van der Waals surface area contributed by atoms with Gasteiger partial charge in [0.1, 0.15) is 0 Å². The summed E-state index contributed by atoms with van der Waals surface area (Å²) < 4.78 is 0. The van der Waals surface area contributed by atoms with Crippen molar-refractivity contribution in [3.05, 3.63) is 33.8 Å². The Morgan fingerprint density at radius 3 is 2.79 bits per heavy atom. The molecule has 1 aromatic rings. The second kappa shape index (κ2) is 5.61. The largest absolute Gasteiger partial charge is 0.314 e. The van der Waals surface area contributed by atoms with Crippen molar-refractivity contribution in [1.29, 1.82) is 0 Å². The molecule has 0 radical (unpaired) electrons. The highest BCUT2D eigenvalue weighted by Gasteiger charge is 2.41. The maximum absolute atomic E-state index is 6.31. The van der Waals surface area contributed by atoms with E-state index >= 15 is 0 Å². The summed E-state index contributed by atoms with van der Waals surface area (Å²) in [5.74, 6) is 0. The monoisotopic (exact) mass is 298 g/mol. The number of hydrogen-bond acceptors (Lipinski definition) is 2. The first-order valence-corrected chi connectivity index (χ1v) is 7.85. The van der Waals surface area contributed by atoms with Crippen LogP contribution < -0.4 is 5.32 Å². The molecule has 1 aliphatic heterocycles.